The number of hydrogen-bond donors (Lipinski definition) is 3. The molecule has 0 atom stereocenters. The maximum atomic E-state index is 12.4. The van der Waals surface area contributed by atoms with Gasteiger partial charge < -0.3 is 10.4 Å². The van der Waals surface area contributed by atoms with Crippen molar-refractivity contribution < 1.29 is 19.5 Å². The van der Waals surface area contributed by atoms with Crippen molar-refractivity contribution in [2.24, 2.45) is 0 Å². The lowest BCUT2D eigenvalue weighted by Gasteiger charge is -2.08. The molecule has 0 unspecified atom stereocenters. The molecule has 1 aromatic heterocycles. The third kappa shape index (κ3) is 5.62. The largest absolute Gasteiger partial charge is 0.478 e. The van der Waals surface area contributed by atoms with E-state index in [-0.39, 0.29) is 22.8 Å². The molecule has 0 aliphatic heterocycles. The maximum absolute atomic E-state index is 12.4. The fourth-order valence-electron chi connectivity index (χ4n) is 2.35. The number of aromatic nitrogens is 2. The van der Waals surface area contributed by atoms with Gasteiger partial charge in [0, 0.05) is 10.6 Å². The molecular formula is C19H16N4O4S2. The van der Waals surface area contributed by atoms with E-state index < -0.39 is 11.9 Å². The minimum Gasteiger partial charge on any atom is -0.478 e. The predicted molar refractivity (Wildman–Crippen MR) is 112 cm³/mol. The normalized spacial score (nSPS) is 10.4. The van der Waals surface area contributed by atoms with Crippen molar-refractivity contribution in [1.29, 1.82) is 0 Å². The van der Waals surface area contributed by atoms with Crippen molar-refractivity contribution in [3.05, 3.63) is 64.7 Å². The highest BCUT2D eigenvalue weighted by Gasteiger charge is 2.15. The number of benzene rings is 2. The van der Waals surface area contributed by atoms with E-state index in [9.17, 15) is 19.5 Å². The number of hydrogen-bond acceptors (Lipinski definition) is 7. The molecule has 0 bridgehead atoms. The van der Waals surface area contributed by atoms with Crippen LogP contribution in [-0.4, -0.2) is 38.8 Å². The number of anilines is 2. The molecule has 0 aliphatic rings. The second-order valence-electron chi connectivity index (χ2n) is 5.79. The molecule has 0 saturated heterocycles. The summed E-state index contributed by atoms with van der Waals surface area (Å²) in [6.45, 7) is 1.81. The highest BCUT2D eigenvalue weighted by Crippen LogP contribution is 2.22. The van der Waals surface area contributed by atoms with Gasteiger partial charge in [-0.2, -0.15) is 0 Å². The number of thioether (sulfide) groups is 1. The van der Waals surface area contributed by atoms with Crippen molar-refractivity contribution in [2.75, 3.05) is 16.4 Å². The molecular weight excluding hydrogens is 412 g/mol. The summed E-state index contributed by atoms with van der Waals surface area (Å²) in [4.78, 5) is 36.4. The van der Waals surface area contributed by atoms with E-state index in [1.165, 1.54) is 35.2 Å². The van der Waals surface area contributed by atoms with Crippen LogP contribution in [0, 0.1) is 6.92 Å². The quantitative estimate of drug-likeness (QED) is 0.492. The molecule has 3 aromatic rings. The molecule has 0 spiro atoms. The lowest BCUT2D eigenvalue weighted by atomic mass is 10.1. The van der Waals surface area contributed by atoms with Crippen LogP contribution in [0.2, 0.25) is 0 Å². The summed E-state index contributed by atoms with van der Waals surface area (Å²) in [6.07, 6.45) is 0. The number of rotatable bonds is 7. The van der Waals surface area contributed by atoms with Crippen molar-refractivity contribution in [3.8, 4) is 0 Å². The van der Waals surface area contributed by atoms with Gasteiger partial charge in [0.05, 0.1) is 16.9 Å². The lowest BCUT2D eigenvalue weighted by Crippen LogP contribution is -2.16. The van der Waals surface area contributed by atoms with Gasteiger partial charge >= 0.3 is 5.97 Å². The van der Waals surface area contributed by atoms with E-state index in [0.29, 0.717) is 10.8 Å². The molecule has 3 rings (SSSR count). The summed E-state index contributed by atoms with van der Waals surface area (Å²) < 4.78 is 0. The number of nitrogens with one attached hydrogen (secondary N) is 2. The molecule has 10 heteroatoms. The smallest absolute Gasteiger partial charge is 0.336 e. The number of amides is 2. The minimum atomic E-state index is -1.16. The monoisotopic (exact) mass is 428 g/mol. The predicted octanol–water partition coefficient (Wildman–Crippen LogP) is 3.53. The standard InChI is InChI=1S/C19H16N4O4S2/c1-11-22-23-19(29-11)21-16(24)10-28-13-8-6-12(7-9-13)20-17(25)14-4-2-3-5-15(14)18(26)27/h2-9H,10H2,1H3,(H,20,25)(H,26,27)(H,21,23,24). The van der Waals surface area contributed by atoms with Gasteiger partial charge in [-0.15, -0.1) is 22.0 Å². The van der Waals surface area contributed by atoms with E-state index in [0.717, 1.165) is 9.90 Å². The van der Waals surface area contributed by atoms with Gasteiger partial charge in [-0.1, -0.05) is 23.5 Å². The van der Waals surface area contributed by atoms with E-state index in [1.54, 1.807) is 36.4 Å². The van der Waals surface area contributed by atoms with Crippen molar-refractivity contribution in [1.82, 2.24) is 10.2 Å². The van der Waals surface area contributed by atoms with Crippen LogP contribution in [0.3, 0.4) is 0 Å². The maximum Gasteiger partial charge on any atom is 0.336 e. The first-order valence-corrected chi connectivity index (χ1v) is 10.2. The van der Waals surface area contributed by atoms with Crippen LogP contribution >= 0.6 is 23.1 Å². The van der Waals surface area contributed by atoms with Crippen LogP contribution in [-0.2, 0) is 4.79 Å². The fourth-order valence-corrected chi connectivity index (χ4v) is 3.66. The van der Waals surface area contributed by atoms with Crippen LogP contribution in [0.4, 0.5) is 10.8 Å². The van der Waals surface area contributed by atoms with E-state index >= 15 is 0 Å². The Morgan fingerprint density at radius 3 is 2.31 bits per heavy atom. The van der Waals surface area contributed by atoms with Gasteiger partial charge in [0.15, 0.2) is 0 Å². The first kappa shape index (κ1) is 20.5. The number of aromatic carboxylic acids is 1. The molecule has 0 saturated carbocycles. The Labute approximate surface area is 174 Å². The summed E-state index contributed by atoms with van der Waals surface area (Å²) in [7, 11) is 0. The number of aryl methyl sites for hydroxylation is 1. The number of carboxylic acid groups (broad SMARTS) is 1. The van der Waals surface area contributed by atoms with E-state index in [1.807, 2.05) is 6.92 Å². The van der Waals surface area contributed by atoms with E-state index in [4.69, 9.17) is 0 Å². The second kappa shape index (κ2) is 9.30. The van der Waals surface area contributed by atoms with Gasteiger partial charge in [-0.3, -0.25) is 14.9 Å². The summed E-state index contributed by atoms with van der Waals surface area (Å²) in [6, 6.07) is 12.9. The fraction of sp³-hybridized carbons (Fsp3) is 0.105. The molecule has 2 aromatic carbocycles. The highest BCUT2D eigenvalue weighted by atomic mass is 32.2. The highest BCUT2D eigenvalue weighted by molar-refractivity contribution is 8.00. The lowest BCUT2D eigenvalue weighted by molar-refractivity contribution is -0.113. The summed E-state index contributed by atoms with van der Waals surface area (Å²) in [5, 5.41) is 23.5. The second-order valence-corrected chi connectivity index (χ2v) is 8.02. The van der Waals surface area contributed by atoms with E-state index in [2.05, 4.69) is 20.8 Å². The van der Waals surface area contributed by atoms with Crippen molar-refractivity contribution in [2.45, 2.75) is 11.8 Å². The third-order valence-corrected chi connectivity index (χ3v) is 5.42. The Morgan fingerprint density at radius 2 is 1.69 bits per heavy atom. The minimum absolute atomic E-state index is 0.0613. The topological polar surface area (TPSA) is 121 Å². The Morgan fingerprint density at radius 1 is 1.00 bits per heavy atom. The van der Waals surface area contributed by atoms with Crippen LogP contribution < -0.4 is 10.6 Å². The Balaban J connectivity index is 1.55. The van der Waals surface area contributed by atoms with Gasteiger partial charge in [0.25, 0.3) is 5.91 Å². The van der Waals surface area contributed by atoms with Gasteiger partial charge in [0.2, 0.25) is 11.0 Å². The average Bonchev–Trinajstić information content (AvgIpc) is 3.12. The molecule has 2 amide bonds. The van der Waals surface area contributed by atoms with Crippen LogP contribution in [0.15, 0.2) is 53.4 Å². The van der Waals surface area contributed by atoms with Crippen molar-refractivity contribution in [3.63, 3.8) is 0 Å². The third-order valence-electron chi connectivity index (χ3n) is 3.66. The molecule has 0 fully saturated rings. The molecule has 1 heterocycles. The zero-order valence-electron chi connectivity index (χ0n) is 15.2. The molecule has 0 aliphatic carbocycles. The zero-order valence-corrected chi connectivity index (χ0v) is 16.8. The molecule has 8 nitrogen and oxygen atoms in total. The van der Waals surface area contributed by atoms with Crippen molar-refractivity contribution >= 4 is 51.7 Å². The summed E-state index contributed by atoms with van der Waals surface area (Å²) in [5.74, 6) is -1.65. The van der Waals surface area contributed by atoms with Crippen LogP contribution in [0.5, 0.6) is 0 Å². The Kier molecular flexibility index (Phi) is 6.57. The Bertz CT molecular complexity index is 1050. The van der Waals surface area contributed by atoms with Gasteiger partial charge in [-0.05, 0) is 43.3 Å². The SMILES string of the molecule is Cc1nnc(NC(=O)CSc2ccc(NC(=O)c3ccccc3C(=O)O)cc2)s1. The molecule has 0 radical (unpaired) electrons. The van der Waals surface area contributed by atoms with Gasteiger partial charge in [-0.25, -0.2) is 4.79 Å². The summed E-state index contributed by atoms with van der Waals surface area (Å²) in [5.41, 5.74) is 0.546. The number of carbonyl (C=O) groups is 3. The average molecular weight is 428 g/mol. The van der Waals surface area contributed by atoms with Gasteiger partial charge in [0.1, 0.15) is 5.01 Å². The number of nitrogens with zero attached hydrogens (tertiary/aromatic N) is 2. The first-order chi connectivity index (χ1) is 13.9. The molecule has 29 heavy (non-hydrogen) atoms. The molecule has 148 valence electrons. The number of carboxylic acids is 1. The Hall–Kier alpha value is -3.24. The number of carbonyl (C=O) groups excluding carboxylic acids is 2. The summed E-state index contributed by atoms with van der Waals surface area (Å²) >= 11 is 2.64. The van der Waals surface area contributed by atoms with Crippen LogP contribution in [0.25, 0.3) is 0 Å². The van der Waals surface area contributed by atoms with Crippen LogP contribution in [0.1, 0.15) is 25.7 Å². The molecule has 3 N–H and O–H groups in total. The zero-order chi connectivity index (χ0) is 20.8. The first-order valence-electron chi connectivity index (χ1n) is 8.39.